The highest BCUT2D eigenvalue weighted by molar-refractivity contribution is 5.99. The van der Waals surface area contributed by atoms with E-state index in [0.717, 1.165) is 12.8 Å². The fourth-order valence-corrected chi connectivity index (χ4v) is 2.61. The van der Waals surface area contributed by atoms with Crippen molar-refractivity contribution in [1.82, 2.24) is 4.90 Å². The number of halogens is 1. The van der Waals surface area contributed by atoms with Gasteiger partial charge in [0.25, 0.3) is 11.6 Å². The van der Waals surface area contributed by atoms with Gasteiger partial charge < -0.3 is 10.6 Å². The van der Waals surface area contributed by atoms with Gasteiger partial charge in [0.1, 0.15) is 5.56 Å². The third-order valence-electron chi connectivity index (χ3n) is 3.90. The summed E-state index contributed by atoms with van der Waals surface area (Å²) in [6.45, 7) is 3.60. The summed E-state index contributed by atoms with van der Waals surface area (Å²) in [5.41, 5.74) is 6.37. The Morgan fingerprint density at radius 2 is 2.05 bits per heavy atom. The number of nitro benzene ring substituents is 1. The van der Waals surface area contributed by atoms with E-state index in [-0.39, 0.29) is 29.6 Å². The van der Waals surface area contributed by atoms with Gasteiger partial charge in [0.05, 0.1) is 4.92 Å². The van der Waals surface area contributed by atoms with Gasteiger partial charge in [-0.3, -0.25) is 14.9 Å². The molecular weight excluding hydrogens is 294 g/mol. The fourth-order valence-electron chi connectivity index (χ4n) is 2.61. The van der Waals surface area contributed by atoms with Gasteiger partial charge in [-0.05, 0) is 37.8 Å². The number of carbonyl (C=O) groups is 1. The van der Waals surface area contributed by atoms with Crippen molar-refractivity contribution in [2.75, 3.05) is 19.6 Å². The number of aryl methyl sites for hydroxylation is 1. The molecule has 0 spiro atoms. The highest BCUT2D eigenvalue weighted by Gasteiger charge is 2.29. The first-order valence-electron chi connectivity index (χ1n) is 6.78. The molecule has 21 heavy (non-hydrogen) atoms. The van der Waals surface area contributed by atoms with Crippen LogP contribution in [0.25, 0.3) is 0 Å². The SMILES string of the molecule is Cc1cccc([N+](=O)[O-])c1C(=O)N1CCC(CN)CC1.Cl. The van der Waals surface area contributed by atoms with Crippen molar-refractivity contribution in [3.8, 4) is 0 Å². The Kier molecular flexibility index (Phi) is 6.11. The molecule has 1 aliphatic rings. The zero-order valence-corrected chi connectivity index (χ0v) is 12.8. The molecule has 1 amide bonds. The van der Waals surface area contributed by atoms with Crippen LogP contribution in [0, 0.1) is 23.0 Å². The molecule has 0 radical (unpaired) electrons. The summed E-state index contributed by atoms with van der Waals surface area (Å²) in [4.78, 5) is 24.8. The molecule has 0 aromatic heterocycles. The van der Waals surface area contributed by atoms with E-state index in [4.69, 9.17) is 5.73 Å². The molecule has 0 saturated carbocycles. The van der Waals surface area contributed by atoms with E-state index in [1.54, 1.807) is 24.0 Å². The van der Waals surface area contributed by atoms with Crippen molar-refractivity contribution in [1.29, 1.82) is 0 Å². The van der Waals surface area contributed by atoms with Crippen LogP contribution in [0.5, 0.6) is 0 Å². The van der Waals surface area contributed by atoms with Crippen molar-refractivity contribution in [2.45, 2.75) is 19.8 Å². The zero-order chi connectivity index (χ0) is 14.7. The summed E-state index contributed by atoms with van der Waals surface area (Å²) >= 11 is 0. The summed E-state index contributed by atoms with van der Waals surface area (Å²) in [5.74, 6) is 0.205. The molecule has 1 saturated heterocycles. The summed E-state index contributed by atoms with van der Waals surface area (Å²) in [7, 11) is 0. The highest BCUT2D eigenvalue weighted by atomic mass is 35.5. The number of hydrogen-bond donors (Lipinski definition) is 1. The Labute approximate surface area is 129 Å². The Balaban J connectivity index is 0.00000220. The number of piperidine rings is 1. The summed E-state index contributed by atoms with van der Waals surface area (Å²) < 4.78 is 0. The lowest BCUT2D eigenvalue weighted by Crippen LogP contribution is -2.40. The van der Waals surface area contributed by atoms with E-state index >= 15 is 0 Å². The number of nitrogens with two attached hydrogens (primary N) is 1. The third kappa shape index (κ3) is 3.71. The van der Waals surface area contributed by atoms with Crippen LogP contribution in [0.4, 0.5) is 5.69 Å². The summed E-state index contributed by atoms with van der Waals surface area (Å²) in [6, 6.07) is 4.71. The first-order valence-corrected chi connectivity index (χ1v) is 6.78. The zero-order valence-electron chi connectivity index (χ0n) is 11.9. The lowest BCUT2D eigenvalue weighted by Gasteiger charge is -2.31. The van der Waals surface area contributed by atoms with Crippen molar-refractivity contribution in [3.05, 3.63) is 39.4 Å². The number of carbonyl (C=O) groups excluding carboxylic acids is 1. The van der Waals surface area contributed by atoms with Crippen molar-refractivity contribution in [2.24, 2.45) is 11.7 Å². The van der Waals surface area contributed by atoms with Gasteiger partial charge in [0.2, 0.25) is 0 Å². The lowest BCUT2D eigenvalue weighted by atomic mass is 9.96. The predicted octanol–water partition coefficient (Wildman–Crippen LogP) is 2.14. The monoisotopic (exact) mass is 313 g/mol. The molecule has 1 aromatic carbocycles. The molecule has 0 bridgehead atoms. The van der Waals surface area contributed by atoms with Crippen molar-refractivity contribution >= 4 is 24.0 Å². The van der Waals surface area contributed by atoms with Crippen molar-refractivity contribution in [3.63, 3.8) is 0 Å². The minimum absolute atomic E-state index is 0. The van der Waals surface area contributed by atoms with Gasteiger partial charge in [-0.15, -0.1) is 12.4 Å². The summed E-state index contributed by atoms with van der Waals surface area (Å²) in [6.07, 6.45) is 1.73. The summed E-state index contributed by atoms with van der Waals surface area (Å²) in [5, 5.41) is 11.1. The first-order chi connectivity index (χ1) is 9.54. The van der Waals surface area contributed by atoms with Crippen LogP contribution in [0.15, 0.2) is 18.2 Å². The molecule has 1 aliphatic heterocycles. The molecule has 2 N–H and O–H groups in total. The maximum absolute atomic E-state index is 12.5. The number of likely N-dealkylation sites (tertiary alicyclic amines) is 1. The maximum Gasteiger partial charge on any atom is 0.282 e. The van der Waals surface area contributed by atoms with Crippen LogP contribution in [0.2, 0.25) is 0 Å². The fraction of sp³-hybridized carbons (Fsp3) is 0.500. The van der Waals surface area contributed by atoms with E-state index in [1.807, 2.05) is 0 Å². The van der Waals surface area contributed by atoms with Gasteiger partial charge in [0.15, 0.2) is 0 Å². The van der Waals surface area contributed by atoms with Crippen LogP contribution < -0.4 is 5.73 Å². The Morgan fingerprint density at radius 1 is 1.43 bits per heavy atom. The van der Waals surface area contributed by atoms with Crippen LogP contribution in [-0.4, -0.2) is 35.4 Å². The van der Waals surface area contributed by atoms with Crippen LogP contribution in [-0.2, 0) is 0 Å². The molecule has 7 heteroatoms. The molecular formula is C14H20ClN3O3. The molecule has 6 nitrogen and oxygen atoms in total. The number of rotatable bonds is 3. The second-order valence-electron chi connectivity index (χ2n) is 5.20. The lowest BCUT2D eigenvalue weighted by molar-refractivity contribution is -0.385. The van der Waals surface area contributed by atoms with E-state index in [2.05, 4.69) is 0 Å². The molecule has 2 rings (SSSR count). The van der Waals surface area contributed by atoms with E-state index in [9.17, 15) is 14.9 Å². The van der Waals surface area contributed by atoms with Crippen LogP contribution >= 0.6 is 12.4 Å². The Morgan fingerprint density at radius 3 is 2.57 bits per heavy atom. The van der Waals surface area contributed by atoms with Gasteiger partial charge in [-0.1, -0.05) is 12.1 Å². The molecule has 1 aromatic rings. The maximum atomic E-state index is 12.5. The average Bonchev–Trinajstić information content (AvgIpc) is 2.46. The minimum Gasteiger partial charge on any atom is -0.338 e. The van der Waals surface area contributed by atoms with Gasteiger partial charge in [-0.2, -0.15) is 0 Å². The number of hydrogen-bond acceptors (Lipinski definition) is 4. The largest absolute Gasteiger partial charge is 0.338 e. The van der Waals surface area contributed by atoms with E-state index < -0.39 is 4.92 Å². The van der Waals surface area contributed by atoms with Crippen LogP contribution in [0.1, 0.15) is 28.8 Å². The number of benzene rings is 1. The number of nitrogens with zero attached hydrogens (tertiary/aromatic N) is 2. The predicted molar refractivity (Wildman–Crippen MR) is 82.8 cm³/mol. The van der Waals surface area contributed by atoms with Crippen molar-refractivity contribution < 1.29 is 9.72 Å². The first kappa shape index (κ1) is 17.4. The second-order valence-corrected chi connectivity index (χ2v) is 5.20. The normalized spacial score (nSPS) is 15.4. The van der Waals surface area contributed by atoms with E-state index in [1.165, 1.54) is 6.07 Å². The standard InChI is InChI=1S/C14H19N3O3.ClH/c1-10-3-2-4-12(17(19)20)13(10)14(18)16-7-5-11(9-15)6-8-16;/h2-4,11H,5-9,15H2,1H3;1H. The van der Waals surface area contributed by atoms with Gasteiger partial charge >= 0.3 is 0 Å². The Hall–Kier alpha value is -1.66. The van der Waals surface area contributed by atoms with Gasteiger partial charge in [0, 0.05) is 19.2 Å². The number of nitro groups is 1. The average molecular weight is 314 g/mol. The molecule has 0 aliphatic carbocycles. The van der Waals surface area contributed by atoms with Gasteiger partial charge in [-0.25, -0.2) is 0 Å². The third-order valence-corrected chi connectivity index (χ3v) is 3.90. The molecule has 116 valence electrons. The molecule has 1 fully saturated rings. The highest BCUT2D eigenvalue weighted by Crippen LogP contribution is 2.25. The molecule has 1 heterocycles. The second kappa shape index (κ2) is 7.38. The Bertz CT molecular complexity index is 528. The molecule has 0 atom stereocenters. The molecule has 0 unspecified atom stereocenters. The van der Waals surface area contributed by atoms with Crippen LogP contribution in [0.3, 0.4) is 0 Å². The topological polar surface area (TPSA) is 89.5 Å². The minimum atomic E-state index is -0.493. The number of amides is 1. The smallest absolute Gasteiger partial charge is 0.282 e. The quantitative estimate of drug-likeness (QED) is 0.684. The van der Waals surface area contributed by atoms with E-state index in [0.29, 0.717) is 31.1 Å².